The van der Waals surface area contributed by atoms with Gasteiger partial charge in [-0.05, 0) is 31.2 Å². The molecule has 1 fully saturated rings. The van der Waals surface area contributed by atoms with Crippen LogP contribution in [-0.2, 0) is 14.3 Å². The number of carbonyl (C=O) groups excluding carboxylic acids is 2. The van der Waals surface area contributed by atoms with E-state index in [9.17, 15) is 9.59 Å². The Morgan fingerprint density at radius 2 is 2.04 bits per heavy atom. The van der Waals surface area contributed by atoms with E-state index in [1.807, 2.05) is 12.1 Å². The molecule has 2 aromatic carbocycles. The molecule has 0 saturated carbocycles. The molecule has 0 radical (unpaired) electrons. The number of nitrogens with zero attached hydrogens (tertiary/aromatic N) is 1. The molecule has 0 N–H and O–H groups in total. The maximum Gasteiger partial charge on any atom is 0.321 e. The lowest BCUT2D eigenvalue weighted by atomic mass is 9.81. The van der Waals surface area contributed by atoms with Crippen LogP contribution in [0.3, 0.4) is 0 Å². The molecule has 0 unspecified atom stereocenters. The summed E-state index contributed by atoms with van der Waals surface area (Å²) >= 11 is 6.08. The Morgan fingerprint density at radius 1 is 1.25 bits per heavy atom. The number of carbonyl (C=O) groups is 2. The van der Waals surface area contributed by atoms with Gasteiger partial charge in [0.2, 0.25) is 5.91 Å². The highest BCUT2D eigenvalue weighted by atomic mass is 35.5. The van der Waals surface area contributed by atoms with E-state index in [4.69, 9.17) is 21.1 Å². The first-order valence-electron chi connectivity index (χ1n) is 7.68. The number of halogens is 1. The molecule has 0 bridgehead atoms. The molecule has 6 heteroatoms. The Hall–Kier alpha value is -2.53. The van der Waals surface area contributed by atoms with Gasteiger partial charge in [0.25, 0.3) is 0 Å². The summed E-state index contributed by atoms with van der Waals surface area (Å²) in [5.74, 6) is -0.551. The van der Waals surface area contributed by atoms with Crippen LogP contribution in [-0.4, -0.2) is 18.5 Å². The summed E-state index contributed by atoms with van der Waals surface area (Å²) in [5, 5.41) is 0.526. The van der Waals surface area contributed by atoms with Crippen molar-refractivity contribution in [2.45, 2.75) is 13.0 Å². The highest BCUT2D eigenvalue weighted by Crippen LogP contribution is 2.53. The van der Waals surface area contributed by atoms with Crippen LogP contribution in [0.4, 0.5) is 5.69 Å². The summed E-state index contributed by atoms with van der Waals surface area (Å²) in [7, 11) is 0. The number of esters is 1. The summed E-state index contributed by atoms with van der Waals surface area (Å²) in [6.45, 7) is 1.95. The Bertz CT molecular complexity index is 851. The average molecular weight is 344 g/mol. The second kappa shape index (κ2) is 5.53. The van der Waals surface area contributed by atoms with Gasteiger partial charge in [0.1, 0.15) is 5.75 Å². The molecule has 24 heavy (non-hydrogen) atoms. The second-order valence-electron chi connectivity index (χ2n) is 5.63. The SMILES string of the molecule is CCOC(=O)[C@H]1C(=O)N2c3ccccc3Oc3cc(Cl)ccc3[C@H]12. The third-order valence-electron chi connectivity index (χ3n) is 4.28. The number of hydrogen-bond acceptors (Lipinski definition) is 4. The van der Waals surface area contributed by atoms with Gasteiger partial charge in [0, 0.05) is 10.6 Å². The number of ether oxygens (including phenoxy) is 2. The number of anilines is 1. The number of hydrogen-bond donors (Lipinski definition) is 0. The van der Waals surface area contributed by atoms with Gasteiger partial charge in [-0.3, -0.25) is 14.5 Å². The van der Waals surface area contributed by atoms with Crippen LogP contribution in [0.15, 0.2) is 42.5 Å². The average Bonchev–Trinajstić information content (AvgIpc) is 2.66. The van der Waals surface area contributed by atoms with Crippen molar-refractivity contribution in [2.24, 2.45) is 5.92 Å². The van der Waals surface area contributed by atoms with E-state index in [1.165, 1.54) is 0 Å². The Labute approximate surface area is 143 Å². The number of fused-ring (bicyclic) bond motifs is 5. The van der Waals surface area contributed by atoms with Crippen LogP contribution in [0.25, 0.3) is 0 Å². The second-order valence-corrected chi connectivity index (χ2v) is 6.07. The minimum atomic E-state index is -0.861. The molecule has 2 atom stereocenters. The van der Waals surface area contributed by atoms with Gasteiger partial charge < -0.3 is 9.47 Å². The van der Waals surface area contributed by atoms with Crippen LogP contribution in [0.5, 0.6) is 11.5 Å². The van der Waals surface area contributed by atoms with Crippen LogP contribution in [0, 0.1) is 5.92 Å². The van der Waals surface area contributed by atoms with Crippen LogP contribution < -0.4 is 9.64 Å². The molecule has 0 aliphatic carbocycles. The van der Waals surface area contributed by atoms with Crippen LogP contribution >= 0.6 is 11.6 Å². The van der Waals surface area contributed by atoms with Crippen molar-refractivity contribution in [1.29, 1.82) is 0 Å². The number of rotatable bonds is 2. The topological polar surface area (TPSA) is 55.8 Å². The molecule has 122 valence electrons. The molecule has 2 aromatic rings. The quantitative estimate of drug-likeness (QED) is 0.474. The summed E-state index contributed by atoms with van der Waals surface area (Å²) in [6.07, 6.45) is 0. The third-order valence-corrected chi connectivity index (χ3v) is 4.51. The fraction of sp³-hybridized carbons (Fsp3) is 0.222. The summed E-state index contributed by atoms with van der Waals surface area (Å²) in [5.41, 5.74) is 1.38. The van der Waals surface area contributed by atoms with E-state index in [1.54, 1.807) is 42.2 Å². The first kappa shape index (κ1) is 15.0. The molecule has 4 rings (SSSR count). The lowest BCUT2D eigenvalue weighted by Gasteiger charge is -2.44. The third kappa shape index (κ3) is 2.08. The van der Waals surface area contributed by atoms with Crippen molar-refractivity contribution in [3.05, 3.63) is 53.1 Å². The van der Waals surface area contributed by atoms with Crippen molar-refractivity contribution in [3.8, 4) is 11.5 Å². The molecule has 0 spiro atoms. The summed E-state index contributed by atoms with van der Waals surface area (Å²) < 4.78 is 11.0. The van der Waals surface area contributed by atoms with Gasteiger partial charge in [0.15, 0.2) is 11.7 Å². The first-order chi connectivity index (χ1) is 11.6. The molecule has 5 nitrogen and oxygen atoms in total. The van der Waals surface area contributed by atoms with E-state index in [2.05, 4.69) is 0 Å². The molecule has 1 amide bonds. The van der Waals surface area contributed by atoms with Crippen molar-refractivity contribution < 1.29 is 19.1 Å². The number of amides is 1. The Balaban J connectivity index is 1.87. The van der Waals surface area contributed by atoms with E-state index in [0.717, 1.165) is 5.56 Å². The molecular formula is C18H14ClNO4. The van der Waals surface area contributed by atoms with Gasteiger partial charge in [0.05, 0.1) is 18.3 Å². The smallest absolute Gasteiger partial charge is 0.321 e. The van der Waals surface area contributed by atoms with Crippen molar-refractivity contribution in [1.82, 2.24) is 0 Å². The van der Waals surface area contributed by atoms with Gasteiger partial charge in [-0.25, -0.2) is 0 Å². The maximum atomic E-state index is 12.6. The Morgan fingerprint density at radius 3 is 2.83 bits per heavy atom. The lowest BCUT2D eigenvalue weighted by Crippen LogP contribution is -2.58. The van der Waals surface area contributed by atoms with Crippen molar-refractivity contribution >= 4 is 29.2 Å². The lowest BCUT2D eigenvalue weighted by molar-refractivity contribution is -0.157. The summed E-state index contributed by atoms with van der Waals surface area (Å²) in [4.78, 5) is 26.5. The van der Waals surface area contributed by atoms with Gasteiger partial charge in [-0.1, -0.05) is 29.8 Å². The first-order valence-corrected chi connectivity index (χ1v) is 8.05. The van der Waals surface area contributed by atoms with E-state index >= 15 is 0 Å². The monoisotopic (exact) mass is 343 g/mol. The van der Waals surface area contributed by atoms with Crippen molar-refractivity contribution in [2.75, 3.05) is 11.5 Å². The maximum absolute atomic E-state index is 12.6. The fourth-order valence-corrected chi connectivity index (χ4v) is 3.40. The number of β-lactam (4-membered cyclic amide) rings is 1. The molecule has 2 aliphatic rings. The molecule has 2 aliphatic heterocycles. The molecular weight excluding hydrogens is 330 g/mol. The molecule has 1 saturated heterocycles. The largest absolute Gasteiger partial charge is 0.465 e. The Kier molecular flexibility index (Phi) is 3.46. The van der Waals surface area contributed by atoms with Crippen molar-refractivity contribution in [3.63, 3.8) is 0 Å². The van der Waals surface area contributed by atoms with E-state index in [-0.39, 0.29) is 12.5 Å². The predicted molar refractivity (Wildman–Crippen MR) is 88.3 cm³/mol. The van der Waals surface area contributed by atoms with Crippen LogP contribution in [0.2, 0.25) is 5.02 Å². The van der Waals surface area contributed by atoms with Gasteiger partial charge >= 0.3 is 5.97 Å². The predicted octanol–water partition coefficient (Wildman–Crippen LogP) is 3.71. The zero-order valence-corrected chi connectivity index (χ0v) is 13.6. The zero-order valence-electron chi connectivity index (χ0n) is 12.9. The zero-order chi connectivity index (χ0) is 16.8. The summed E-state index contributed by atoms with van der Waals surface area (Å²) in [6, 6.07) is 12.0. The van der Waals surface area contributed by atoms with Gasteiger partial charge in [-0.15, -0.1) is 0 Å². The van der Waals surface area contributed by atoms with Crippen LogP contribution in [0.1, 0.15) is 18.5 Å². The highest BCUT2D eigenvalue weighted by Gasteiger charge is 2.56. The minimum absolute atomic E-state index is 0.232. The molecule has 0 aromatic heterocycles. The number of para-hydroxylation sites is 2. The normalized spacial score (nSPS) is 20.8. The highest BCUT2D eigenvalue weighted by molar-refractivity contribution is 6.30. The van der Waals surface area contributed by atoms with E-state index < -0.39 is 17.9 Å². The molecule has 2 heterocycles. The standard InChI is InChI=1S/C18H14ClNO4/c1-2-23-18(22)15-16-11-8-7-10(19)9-14(11)24-13-6-4-3-5-12(13)20(16)17(15)21/h3-9,15-16H,2H2,1H3/t15-,16-/m1/s1. The minimum Gasteiger partial charge on any atom is -0.465 e. The van der Waals surface area contributed by atoms with Gasteiger partial charge in [-0.2, -0.15) is 0 Å². The fourth-order valence-electron chi connectivity index (χ4n) is 3.24. The van der Waals surface area contributed by atoms with E-state index in [0.29, 0.717) is 22.2 Å². The number of benzene rings is 2.